The van der Waals surface area contributed by atoms with Crippen LogP contribution in [0.4, 0.5) is 15.2 Å². The van der Waals surface area contributed by atoms with Crippen LogP contribution >= 0.6 is 23.1 Å². The van der Waals surface area contributed by atoms with Gasteiger partial charge in [-0.2, -0.15) is 0 Å². The molecular formula is C17H12FN5OS2. The molecule has 0 unspecified atom stereocenters. The molecule has 0 aliphatic rings. The van der Waals surface area contributed by atoms with Crippen molar-refractivity contribution in [2.45, 2.75) is 9.37 Å². The molecule has 0 fully saturated rings. The van der Waals surface area contributed by atoms with Crippen molar-refractivity contribution < 1.29 is 9.13 Å². The van der Waals surface area contributed by atoms with E-state index < -0.39 is 0 Å². The number of nitrogens with one attached hydrogen (secondary N) is 1. The fourth-order valence-electron chi connectivity index (χ4n) is 2.33. The summed E-state index contributed by atoms with van der Waals surface area (Å²) in [4.78, 5) is 8.40. The van der Waals surface area contributed by atoms with Crippen LogP contribution in [0.1, 0.15) is 0 Å². The summed E-state index contributed by atoms with van der Waals surface area (Å²) in [5.74, 6) is 0.388. The van der Waals surface area contributed by atoms with Gasteiger partial charge in [0.25, 0.3) is 0 Å². The number of benzene rings is 2. The van der Waals surface area contributed by atoms with E-state index in [4.69, 9.17) is 4.74 Å². The number of para-hydroxylation sites is 2. The molecule has 4 rings (SSSR count). The summed E-state index contributed by atoms with van der Waals surface area (Å²) in [7, 11) is 1.61. The molecule has 130 valence electrons. The van der Waals surface area contributed by atoms with Gasteiger partial charge in [-0.15, -0.1) is 10.2 Å². The molecule has 26 heavy (non-hydrogen) atoms. The highest BCUT2D eigenvalue weighted by Crippen LogP contribution is 2.36. The molecule has 0 bridgehead atoms. The molecule has 0 saturated heterocycles. The zero-order valence-corrected chi connectivity index (χ0v) is 15.1. The third-order valence-electron chi connectivity index (χ3n) is 3.50. The van der Waals surface area contributed by atoms with Gasteiger partial charge in [0, 0.05) is 5.39 Å². The monoisotopic (exact) mass is 385 g/mol. The average molecular weight is 385 g/mol. The molecule has 0 spiro atoms. The third-order valence-corrected chi connectivity index (χ3v) is 5.41. The molecule has 0 amide bonds. The number of rotatable bonds is 5. The molecule has 0 saturated carbocycles. The first-order chi connectivity index (χ1) is 12.7. The number of methoxy groups -OCH3 is 1. The van der Waals surface area contributed by atoms with Gasteiger partial charge >= 0.3 is 0 Å². The molecule has 6 nitrogen and oxygen atoms in total. The van der Waals surface area contributed by atoms with E-state index in [9.17, 15) is 4.39 Å². The van der Waals surface area contributed by atoms with E-state index in [0.29, 0.717) is 31.1 Å². The Morgan fingerprint density at radius 3 is 2.88 bits per heavy atom. The maximum Gasteiger partial charge on any atom is 0.211 e. The Hall–Kier alpha value is -2.78. The van der Waals surface area contributed by atoms with Crippen molar-refractivity contribution in [3.8, 4) is 5.75 Å². The summed E-state index contributed by atoms with van der Waals surface area (Å²) in [5.41, 5.74) is 1.48. The second kappa shape index (κ2) is 7.22. The van der Waals surface area contributed by atoms with Crippen molar-refractivity contribution in [2.75, 3.05) is 12.4 Å². The van der Waals surface area contributed by atoms with Gasteiger partial charge in [-0.05, 0) is 42.1 Å². The molecule has 0 aliphatic heterocycles. The summed E-state index contributed by atoms with van der Waals surface area (Å²) < 4.78 is 19.6. The number of anilines is 2. The van der Waals surface area contributed by atoms with Crippen LogP contribution in [0.15, 0.2) is 58.2 Å². The van der Waals surface area contributed by atoms with Gasteiger partial charge in [0.05, 0.1) is 18.3 Å². The van der Waals surface area contributed by atoms with Crippen molar-refractivity contribution in [2.24, 2.45) is 0 Å². The minimum Gasteiger partial charge on any atom is -0.495 e. The van der Waals surface area contributed by atoms with E-state index in [2.05, 4.69) is 25.5 Å². The molecule has 4 aromatic rings. The Bertz CT molecular complexity index is 1070. The van der Waals surface area contributed by atoms with E-state index in [1.807, 2.05) is 24.3 Å². The van der Waals surface area contributed by atoms with Crippen LogP contribution in [0.5, 0.6) is 5.75 Å². The van der Waals surface area contributed by atoms with Gasteiger partial charge in [0.2, 0.25) is 5.13 Å². The fourth-order valence-corrected chi connectivity index (χ4v) is 4.08. The molecule has 2 aromatic carbocycles. The second-order valence-corrected chi connectivity index (χ2v) is 7.35. The largest absolute Gasteiger partial charge is 0.495 e. The molecule has 1 N–H and O–H groups in total. The summed E-state index contributed by atoms with van der Waals surface area (Å²) in [6, 6.07) is 12.0. The predicted molar refractivity (Wildman–Crippen MR) is 99.8 cm³/mol. The van der Waals surface area contributed by atoms with E-state index in [0.717, 1.165) is 5.69 Å². The van der Waals surface area contributed by atoms with Crippen LogP contribution < -0.4 is 10.1 Å². The lowest BCUT2D eigenvalue weighted by atomic mass is 10.2. The summed E-state index contributed by atoms with van der Waals surface area (Å²) in [6.07, 6.45) is 1.46. The van der Waals surface area contributed by atoms with Gasteiger partial charge < -0.3 is 10.1 Å². The number of fused-ring (bicyclic) bond motifs is 1. The lowest BCUT2D eigenvalue weighted by molar-refractivity contribution is 0.417. The first-order valence-electron chi connectivity index (χ1n) is 7.54. The molecule has 2 aromatic heterocycles. The number of halogens is 1. The van der Waals surface area contributed by atoms with Gasteiger partial charge in [-0.25, -0.2) is 14.4 Å². The molecule has 9 heteroatoms. The van der Waals surface area contributed by atoms with E-state index >= 15 is 0 Å². The van der Waals surface area contributed by atoms with Gasteiger partial charge in [0.15, 0.2) is 4.34 Å². The quantitative estimate of drug-likeness (QED) is 0.506. The molecule has 0 aliphatic carbocycles. The lowest BCUT2D eigenvalue weighted by Gasteiger charge is -2.07. The van der Waals surface area contributed by atoms with Crippen LogP contribution in [0, 0.1) is 5.82 Å². The van der Waals surface area contributed by atoms with E-state index in [-0.39, 0.29) is 5.82 Å². The highest BCUT2D eigenvalue weighted by Gasteiger charge is 2.12. The number of aromatic nitrogens is 4. The van der Waals surface area contributed by atoms with Crippen molar-refractivity contribution >= 4 is 44.8 Å². The minimum atomic E-state index is -0.329. The van der Waals surface area contributed by atoms with E-state index in [1.54, 1.807) is 13.2 Å². The fraction of sp³-hybridized carbons (Fsp3) is 0.0588. The maximum atomic E-state index is 13.6. The molecular weight excluding hydrogens is 373 g/mol. The lowest BCUT2D eigenvalue weighted by Crippen LogP contribution is -1.93. The Balaban J connectivity index is 1.59. The average Bonchev–Trinajstić information content (AvgIpc) is 3.09. The molecule has 0 atom stereocenters. The van der Waals surface area contributed by atoms with Crippen molar-refractivity contribution in [3.63, 3.8) is 0 Å². The third kappa shape index (κ3) is 3.44. The number of nitrogens with zero attached hydrogens (tertiary/aromatic N) is 4. The van der Waals surface area contributed by atoms with Crippen LogP contribution in [0.3, 0.4) is 0 Å². The highest BCUT2D eigenvalue weighted by atomic mass is 32.2. The Kier molecular flexibility index (Phi) is 4.63. The smallest absolute Gasteiger partial charge is 0.211 e. The van der Waals surface area contributed by atoms with Crippen LogP contribution in [-0.4, -0.2) is 27.3 Å². The number of hydrogen-bond acceptors (Lipinski definition) is 8. The number of hydrogen-bond donors (Lipinski definition) is 1. The van der Waals surface area contributed by atoms with Crippen LogP contribution in [0.2, 0.25) is 0 Å². The van der Waals surface area contributed by atoms with Crippen LogP contribution in [0.25, 0.3) is 10.9 Å². The van der Waals surface area contributed by atoms with Gasteiger partial charge in [-0.1, -0.05) is 23.5 Å². The second-order valence-electron chi connectivity index (χ2n) is 5.14. The molecule has 0 radical (unpaired) electrons. The summed E-state index contributed by atoms with van der Waals surface area (Å²) >= 11 is 2.70. The topological polar surface area (TPSA) is 72.8 Å². The predicted octanol–water partition coefficient (Wildman–Crippen LogP) is 4.52. The van der Waals surface area contributed by atoms with Crippen molar-refractivity contribution in [1.82, 2.24) is 20.2 Å². The normalized spacial score (nSPS) is 10.8. The van der Waals surface area contributed by atoms with Crippen molar-refractivity contribution in [1.29, 1.82) is 0 Å². The van der Waals surface area contributed by atoms with E-state index in [1.165, 1.54) is 41.6 Å². The maximum absolute atomic E-state index is 13.6. The van der Waals surface area contributed by atoms with Gasteiger partial charge in [-0.3, -0.25) is 0 Å². The van der Waals surface area contributed by atoms with Gasteiger partial charge in [0.1, 0.15) is 22.9 Å². The van der Waals surface area contributed by atoms with Crippen LogP contribution in [-0.2, 0) is 0 Å². The zero-order valence-electron chi connectivity index (χ0n) is 13.5. The Morgan fingerprint density at radius 1 is 1.12 bits per heavy atom. The zero-order chi connectivity index (χ0) is 17.9. The first-order valence-corrected chi connectivity index (χ1v) is 9.18. The SMILES string of the molecule is COc1ccccc1Nc1nnc(Sc2ncnc3ccc(F)cc23)s1. The first kappa shape index (κ1) is 16.7. The highest BCUT2D eigenvalue weighted by molar-refractivity contribution is 8.01. The summed E-state index contributed by atoms with van der Waals surface area (Å²) in [6.45, 7) is 0. The van der Waals surface area contributed by atoms with Crippen molar-refractivity contribution in [3.05, 3.63) is 54.6 Å². The molecule has 2 heterocycles. The Labute approximate surface area is 156 Å². The summed E-state index contributed by atoms with van der Waals surface area (Å²) in [5, 5.41) is 13.4. The Morgan fingerprint density at radius 2 is 2.00 bits per heavy atom. The number of ether oxygens (including phenoxy) is 1. The standard InChI is InChI=1S/C17H12FN5OS2/c1-24-14-5-3-2-4-13(14)21-16-22-23-17(26-16)25-15-11-8-10(18)6-7-12(11)19-9-20-15/h2-9H,1H3,(H,21,22). The minimum absolute atomic E-state index is 0.329.